The monoisotopic (exact) mass is 349 g/mol. The standard InChI is InChI=1S/C19H19N5O2/c25-19(21-15-9-11-20-12-10-15)24-13-5-4-8-16(24)18-22-17(23-26-18)14-6-2-1-3-7-14/h1-3,6-7,9-12,16H,4-5,8,13H2,(H,20,21,25). The van der Waals surface area contributed by atoms with E-state index in [0.29, 0.717) is 23.9 Å². The molecule has 1 unspecified atom stereocenters. The van der Waals surface area contributed by atoms with E-state index in [-0.39, 0.29) is 12.1 Å². The number of rotatable bonds is 3. The van der Waals surface area contributed by atoms with Crippen LogP contribution in [0.5, 0.6) is 0 Å². The number of carbonyl (C=O) groups excluding carboxylic acids is 1. The van der Waals surface area contributed by atoms with Gasteiger partial charge in [-0.1, -0.05) is 35.5 Å². The Balaban J connectivity index is 1.54. The first kappa shape index (κ1) is 16.3. The number of urea groups is 1. The van der Waals surface area contributed by atoms with Gasteiger partial charge < -0.3 is 14.7 Å². The van der Waals surface area contributed by atoms with Gasteiger partial charge in [-0.2, -0.15) is 4.98 Å². The van der Waals surface area contributed by atoms with Crippen LogP contribution in [-0.2, 0) is 0 Å². The molecule has 7 heteroatoms. The molecule has 7 nitrogen and oxygen atoms in total. The molecule has 1 saturated heterocycles. The van der Waals surface area contributed by atoms with Crippen LogP contribution in [0.1, 0.15) is 31.2 Å². The summed E-state index contributed by atoms with van der Waals surface area (Å²) < 4.78 is 5.50. The smallest absolute Gasteiger partial charge is 0.322 e. The van der Waals surface area contributed by atoms with E-state index >= 15 is 0 Å². The number of amides is 2. The van der Waals surface area contributed by atoms with E-state index in [1.165, 1.54) is 0 Å². The van der Waals surface area contributed by atoms with Crippen molar-refractivity contribution in [1.82, 2.24) is 20.0 Å². The van der Waals surface area contributed by atoms with Gasteiger partial charge >= 0.3 is 6.03 Å². The van der Waals surface area contributed by atoms with Crippen molar-refractivity contribution in [3.05, 3.63) is 60.7 Å². The number of likely N-dealkylation sites (tertiary alicyclic amines) is 1. The fraction of sp³-hybridized carbons (Fsp3) is 0.263. The number of hydrogen-bond acceptors (Lipinski definition) is 5. The Hall–Kier alpha value is -3.22. The van der Waals surface area contributed by atoms with E-state index in [4.69, 9.17) is 4.52 Å². The van der Waals surface area contributed by atoms with Crippen molar-refractivity contribution in [1.29, 1.82) is 0 Å². The summed E-state index contributed by atoms with van der Waals surface area (Å²) >= 11 is 0. The van der Waals surface area contributed by atoms with Crippen LogP contribution in [0.2, 0.25) is 0 Å². The molecule has 2 aromatic heterocycles. The second kappa shape index (κ2) is 7.35. The van der Waals surface area contributed by atoms with Crippen LogP contribution >= 0.6 is 0 Å². The number of pyridine rings is 1. The Morgan fingerprint density at radius 3 is 2.73 bits per heavy atom. The third kappa shape index (κ3) is 3.42. The van der Waals surface area contributed by atoms with E-state index in [2.05, 4.69) is 20.4 Å². The summed E-state index contributed by atoms with van der Waals surface area (Å²) in [5.41, 5.74) is 1.61. The van der Waals surface area contributed by atoms with E-state index < -0.39 is 0 Å². The van der Waals surface area contributed by atoms with E-state index in [1.54, 1.807) is 29.4 Å². The molecule has 132 valence electrons. The third-order valence-electron chi connectivity index (χ3n) is 4.45. The first-order valence-electron chi connectivity index (χ1n) is 8.68. The SMILES string of the molecule is O=C(Nc1ccncc1)N1CCCCC1c1nc(-c2ccccc2)no1. The summed E-state index contributed by atoms with van der Waals surface area (Å²) in [5.74, 6) is 1.02. The maximum atomic E-state index is 12.7. The Labute approximate surface area is 151 Å². The molecule has 1 aliphatic rings. The zero-order valence-electron chi connectivity index (χ0n) is 14.2. The summed E-state index contributed by atoms with van der Waals surface area (Å²) in [4.78, 5) is 23.0. The van der Waals surface area contributed by atoms with Crippen LogP contribution < -0.4 is 5.32 Å². The zero-order chi connectivity index (χ0) is 17.8. The van der Waals surface area contributed by atoms with Crippen molar-refractivity contribution in [2.24, 2.45) is 0 Å². The molecule has 3 heterocycles. The average molecular weight is 349 g/mol. The topological polar surface area (TPSA) is 84.2 Å². The van der Waals surface area contributed by atoms with Crippen LogP contribution in [0.25, 0.3) is 11.4 Å². The second-order valence-corrected chi connectivity index (χ2v) is 6.19. The van der Waals surface area contributed by atoms with Crippen molar-refractivity contribution >= 4 is 11.7 Å². The lowest BCUT2D eigenvalue weighted by molar-refractivity contribution is 0.142. The fourth-order valence-corrected chi connectivity index (χ4v) is 3.14. The minimum atomic E-state index is -0.212. The molecule has 1 aromatic carbocycles. The third-order valence-corrected chi connectivity index (χ3v) is 4.45. The van der Waals surface area contributed by atoms with E-state index in [9.17, 15) is 4.79 Å². The summed E-state index contributed by atoms with van der Waals surface area (Å²) in [5, 5.41) is 6.99. The van der Waals surface area contributed by atoms with Crippen LogP contribution in [0.15, 0.2) is 59.4 Å². The zero-order valence-corrected chi connectivity index (χ0v) is 14.2. The summed E-state index contributed by atoms with van der Waals surface area (Å²) in [6, 6.07) is 12.8. The maximum Gasteiger partial charge on any atom is 0.322 e. The molecule has 1 aliphatic heterocycles. The first-order valence-corrected chi connectivity index (χ1v) is 8.68. The lowest BCUT2D eigenvalue weighted by Crippen LogP contribution is -2.41. The Morgan fingerprint density at radius 1 is 1.12 bits per heavy atom. The highest BCUT2D eigenvalue weighted by atomic mass is 16.5. The maximum absolute atomic E-state index is 12.7. The van der Waals surface area contributed by atoms with Gasteiger partial charge in [0.15, 0.2) is 0 Å². The van der Waals surface area contributed by atoms with Gasteiger partial charge in [-0.05, 0) is 31.4 Å². The number of anilines is 1. The first-order chi connectivity index (χ1) is 12.8. The normalized spacial score (nSPS) is 17.1. The van der Waals surface area contributed by atoms with Crippen molar-refractivity contribution in [3.63, 3.8) is 0 Å². The van der Waals surface area contributed by atoms with Gasteiger partial charge in [0.25, 0.3) is 0 Å². The van der Waals surface area contributed by atoms with Crippen LogP contribution in [0.4, 0.5) is 10.5 Å². The van der Waals surface area contributed by atoms with E-state index in [0.717, 1.165) is 24.8 Å². The average Bonchev–Trinajstić information content (AvgIpc) is 3.19. The molecule has 0 spiro atoms. The molecule has 0 bridgehead atoms. The molecule has 0 saturated carbocycles. The number of nitrogens with zero attached hydrogens (tertiary/aromatic N) is 4. The summed E-state index contributed by atoms with van der Waals surface area (Å²) in [6.45, 7) is 0.657. The van der Waals surface area contributed by atoms with Crippen molar-refractivity contribution < 1.29 is 9.32 Å². The van der Waals surface area contributed by atoms with Crippen molar-refractivity contribution in [2.75, 3.05) is 11.9 Å². The minimum absolute atomic E-state index is 0.166. The lowest BCUT2D eigenvalue weighted by Gasteiger charge is -2.33. The van der Waals surface area contributed by atoms with Gasteiger partial charge in [-0.25, -0.2) is 4.79 Å². The highest BCUT2D eigenvalue weighted by Gasteiger charge is 2.32. The lowest BCUT2D eigenvalue weighted by atomic mass is 10.0. The molecule has 26 heavy (non-hydrogen) atoms. The van der Waals surface area contributed by atoms with Crippen LogP contribution in [0.3, 0.4) is 0 Å². The van der Waals surface area contributed by atoms with Gasteiger partial charge in [-0.15, -0.1) is 0 Å². The van der Waals surface area contributed by atoms with Crippen molar-refractivity contribution in [3.8, 4) is 11.4 Å². The summed E-state index contributed by atoms with van der Waals surface area (Å²) in [6.07, 6.45) is 6.08. The summed E-state index contributed by atoms with van der Waals surface area (Å²) in [7, 11) is 0. The molecule has 0 radical (unpaired) electrons. The quantitative estimate of drug-likeness (QED) is 0.775. The van der Waals surface area contributed by atoms with Gasteiger partial charge in [0, 0.05) is 30.2 Å². The van der Waals surface area contributed by atoms with Gasteiger partial charge in [0.05, 0.1) is 0 Å². The number of aromatic nitrogens is 3. The molecule has 1 N–H and O–H groups in total. The van der Waals surface area contributed by atoms with Crippen LogP contribution in [0, 0.1) is 0 Å². The van der Waals surface area contributed by atoms with Crippen LogP contribution in [-0.4, -0.2) is 32.6 Å². The number of piperidine rings is 1. The Morgan fingerprint density at radius 2 is 1.92 bits per heavy atom. The molecular weight excluding hydrogens is 330 g/mol. The second-order valence-electron chi connectivity index (χ2n) is 6.19. The molecule has 0 aliphatic carbocycles. The van der Waals surface area contributed by atoms with E-state index in [1.807, 2.05) is 30.3 Å². The highest BCUT2D eigenvalue weighted by Crippen LogP contribution is 2.31. The fourth-order valence-electron chi connectivity index (χ4n) is 3.14. The van der Waals surface area contributed by atoms with Gasteiger partial charge in [0.1, 0.15) is 6.04 Å². The predicted molar refractivity (Wildman–Crippen MR) is 96.3 cm³/mol. The van der Waals surface area contributed by atoms with Gasteiger partial charge in [-0.3, -0.25) is 4.98 Å². The largest absolute Gasteiger partial charge is 0.337 e. The molecule has 3 aromatic rings. The Kier molecular flexibility index (Phi) is 4.59. The minimum Gasteiger partial charge on any atom is -0.337 e. The van der Waals surface area contributed by atoms with Gasteiger partial charge in [0.2, 0.25) is 11.7 Å². The number of benzene rings is 1. The molecule has 1 atom stereocenters. The number of hydrogen-bond donors (Lipinski definition) is 1. The highest BCUT2D eigenvalue weighted by molar-refractivity contribution is 5.89. The number of carbonyl (C=O) groups is 1. The Bertz CT molecular complexity index is 866. The molecule has 4 rings (SSSR count). The molecular formula is C19H19N5O2. The molecule has 1 fully saturated rings. The predicted octanol–water partition coefficient (Wildman–Crippen LogP) is 3.89. The van der Waals surface area contributed by atoms with Crippen molar-refractivity contribution in [2.45, 2.75) is 25.3 Å². The number of nitrogens with one attached hydrogen (secondary N) is 1. The molecule has 2 amide bonds.